The molecule has 2 fully saturated rings. The van der Waals surface area contributed by atoms with Gasteiger partial charge in [0.1, 0.15) is 0 Å². The third kappa shape index (κ3) is 1.96. The van der Waals surface area contributed by atoms with Gasteiger partial charge in [0.05, 0.1) is 13.2 Å². The quantitative estimate of drug-likeness (QED) is 0.822. The van der Waals surface area contributed by atoms with Gasteiger partial charge in [-0.3, -0.25) is 4.79 Å². The minimum Gasteiger partial charge on any atom is -0.479 e. The predicted molar refractivity (Wildman–Crippen MR) is 63.4 cm³/mol. The Morgan fingerprint density at radius 1 is 1.56 bits per heavy atom. The first kappa shape index (κ1) is 11.5. The number of fused-ring (bicyclic) bond motifs is 1. The van der Waals surface area contributed by atoms with Gasteiger partial charge in [-0.1, -0.05) is 0 Å². The zero-order valence-corrected chi connectivity index (χ0v) is 10.4. The van der Waals surface area contributed by atoms with E-state index in [0.717, 1.165) is 32.6 Å². The summed E-state index contributed by atoms with van der Waals surface area (Å²) in [6.45, 7) is 3.70. The Morgan fingerprint density at radius 2 is 2.39 bits per heavy atom. The second-order valence-corrected chi connectivity index (χ2v) is 4.96. The van der Waals surface area contributed by atoms with Crippen LogP contribution in [0, 0.1) is 11.8 Å². The van der Waals surface area contributed by atoms with Gasteiger partial charge in [0, 0.05) is 13.1 Å². The SMILES string of the molecule is COc1cc(C(=O)N2CC3CCNCC3C2)on1. The number of methoxy groups -OCH3 is 1. The summed E-state index contributed by atoms with van der Waals surface area (Å²) in [4.78, 5) is 14.1. The van der Waals surface area contributed by atoms with Crippen LogP contribution in [0.4, 0.5) is 0 Å². The highest BCUT2D eigenvalue weighted by atomic mass is 16.5. The van der Waals surface area contributed by atoms with Crippen LogP contribution in [0.5, 0.6) is 5.88 Å². The maximum absolute atomic E-state index is 12.2. The maximum Gasteiger partial charge on any atom is 0.292 e. The molecule has 1 aromatic rings. The number of rotatable bonds is 2. The van der Waals surface area contributed by atoms with Crippen molar-refractivity contribution in [3.8, 4) is 5.88 Å². The average Bonchev–Trinajstić information content (AvgIpc) is 3.04. The fourth-order valence-corrected chi connectivity index (χ4v) is 2.85. The minimum atomic E-state index is -0.0831. The third-order valence-electron chi connectivity index (χ3n) is 3.87. The van der Waals surface area contributed by atoms with Gasteiger partial charge in [-0.2, -0.15) is 0 Å². The number of hydrogen-bond donors (Lipinski definition) is 1. The number of hydrogen-bond acceptors (Lipinski definition) is 5. The molecule has 1 amide bonds. The summed E-state index contributed by atoms with van der Waals surface area (Å²) in [5.41, 5.74) is 0. The summed E-state index contributed by atoms with van der Waals surface area (Å²) in [6.07, 6.45) is 1.15. The molecule has 1 aromatic heterocycles. The van der Waals surface area contributed by atoms with Gasteiger partial charge in [-0.15, -0.1) is 0 Å². The van der Waals surface area contributed by atoms with Crippen molar-refractivity contribution in [1.82, 2.24) is 15.4 Å². The van der Waals surface area contributed by atoms with E-state index in [9.17, 15) is 4.79 Å². The van der Waals surface area contributed by atoms with Gasteiger partial charge in [-0.25, -0.2) is 0 Å². The van der Waals surface area contributed by atoms with E-state index in [-0.39, 0.29) is 11.7 Å². The van der Waals surface area contributed by atoms with Crippen LogP contribution in [0.1, 0.15) is 17.0 Å². The van der Waals surface area contributed by atoms with Crippen LogP contribution in [0.25, 0.3) is 0 Å². The van der Waals surface area contributed by atoms with E-state index < -0.39 is 0 Å². The number of amides is 1. The Balaban J connectivity index is 1.70. The molecule has 3 rings (SSSR count). The molecule has 1 N–H and O–H groups in total. The van der Waals surface area contributed by atoms with Crippen LogP contribution in [0.15, 0.2) is 10.6 Å². The highest BCUT2D eigenvalue weighted by molar-refractivity contribution is 5.91. The summed E-state index contributed by atoms with van der Waals surface area (Å²) < 4.78 is 9.92. The number of piperidine rings is 1. The van der Waals surface area contributed by atoms with Crippen molar-refractivity contribution >= 4 is 5.91 Å². The number of nitrogens with one attached hydrogen (secondary N) is 1. The largest absolute Gasteiger partial charge is 0.479 e. The standard InChI is InChI=1S/C12H17N3O3/c1-17-11-4-10(18-14-11)12(16)15-6-8-2-3-13-5-9(8)7-15/h4,8-9,13H,2-3,5-7H2,1H3. The lowest BCUT2D eigenvalue weighted by atomic mass is 9.90. The van der Waals surface area contributed by atoms with Crippen molar-refractivity contribution in [2.24, 2.45) is 11.8 Å². The van der Waals surface area contributed by atoms with Crippen molar-refractivity contribution in [3.05, 3.63) is 11.8 Å². The zero-order valence-electron chi connectivity index (χ0n) is 10.4. The number of ether oxygens (including phenoxy) is 1. The van der Waals surface area contributed by atoms with Gasteiger partial charge in [0.25, 0.3) is 11.8 Å². The van der Waals surface area contributed by atoms with Crippen LogP contribution in [-0.4, -0.2) is 49.3 Å². The molecule has 2 unspecified atom stereocenters. The molecule has 0 bridgehead atoms. The van der Waals surface area contributed by atoms with Crippen LogP contribution >= 0.6 is 0 Å². The second-order valence-electron chi connectivity index (χ2n) is 4.96. The molecular weight excluding hydrogens is 234 g/mol. The van der Waals surface area contributed by atoms with Gasteiger partial charge in [-0.05, 0) is 36.5 Å². The van der Waals surface area contributed by atoms with E-state index >= 15 is 0 Å². The van der Waals surface area contributed by atoms with E-state index in [1.807, 2.05) is 4.90 Å². The summed E-state index contributed by atoms with van der Waals surface area (Å²) in [6, 6.07) is 1.54. The highest BCUT2D eigenvalue weighted by Gasteiger charge is 2.37. The molecule has 0 radical (unpaired) electrons. The predicted octanol–water partition coefficient (Wildman–Crippen LogP) is 0.365. The van der Waals surface area contributed by atoms with Crippen molar-refractivity contribution in [2.45, 2.75) is 6.42 Å². The van der Waals surface area contributed by atoms with Crippen molar-refractivity contribution < 1.29 is 14.1 Å². The van der Waals surface area contributed by atoms with E-state index in [0.29, 0.717) is 17.7 Å². The topological polar surface area (TPSA) is 67.6 Å². The van der Waals surface area contributed by atoms with E-state index in [2.05, 4.69) is 10.5 Å². The van der Waals surface area contributed by atoms with Crippen LogP contribution in [0.3, 0.4) is 0 Å². The summed E-state index contributed by atoms with van der Waals surface area (Å²) in [5.74, 6) is 1.72. The monoisotopic (exact) mass is 251 g/mol. The number of aromatic nitrogens is 1. The molecule has 0 aliphatic carbocycles. The lowest BCUT2D eigenvalue weighted by molar-refractivity contribution is 0.0742. The lowest BCUT2D eigenvalue weighted by Gasteiger charge is -2.23. The molecule has 2 aliphatic heterocycles. The normalized spacial score (nSPS) is 27.1. The molecule has 6 heteroatoms. The second kappa shape index (κ2) is 4.61. The minimum absolute atomic E-state index is 0.0831. The van der Waals surface area contributed by atoms with E-state index in [1.165, 1.54) is 7.11 Å². The Labute approximate surface area is 105 Å². The van der Waals surface area contributed by atoms with Gasteiger partial charge >= 0.3 is 0 Å². The fraction of sp³-hybridized carbons (Fsp3) is 0.667. The highest BCUT2D eigenvalue weighted by Crippen LogP contribution is 2.29. The lowest BCUT2D eigenvalue weighted by Crippen LogP contribution is -2.35. The third-order valence-corrected chi connectivity index (χ3v) is 3.87. The fourth-order valence-electron chi connectivity index (χ4n) is 2.85. The Morgan fingerprint density at radius 3 is 3.11 bits per heavy atom. The molecule has 2 saturated heterocycles. The zero-order chi connectivity index (χ0) is 12.5. The molecule has 3 heterocycles. The van der Waals surface area contributed by atoms with Gasteiger partial charge in [0.15, 0.2) is 0 Å². The van der Waals surface area contributed by atoms with Crippen molar-refractivity contribution in [2.75, 3.05) is 33.3 Å². The number of likely N-dealkylation sites (tertiary alicyclic amines) is 1. The molecule has 0 aromatic carbocycles. The Kier molecular flexibility index (Phi) is 2.95. The average molecular weight is 251 g/mol. The molecule has 6 nitrogen and oxygen atoms in total. The maximum atomic E-state index is 12.2. The van der Waals surface area contributed by atoms with Crippen LogP contribution in [-0.2, 0) is 0 Å². The Bertz CT molecular complexity index is 432. The molecule has 0 saturated carbocycles. The first-order chi connectivity index (χ1) is 8.78. The number of nitrogens with zero attached hydrogens (tertiary/aromatic N) is 2. The molecule has 18 heavy (non-hydrogen) atoms. The molecule has 0 spiro atoms. The van der Waals surface area contributed by atoms with E-state index in [4.69, 9.17) is 9.26 Å². The Hall–Kier alpha value is -1.56. The van der Waals surface area contributed by atoms with Crippen LogP contribution in [0.2, 0.25) is 0 Å². The van der Waals surface area contributed by atoms with Crippen LogP contribution < -0.4 is 10.1 Å². The van der Waals surface area contributed by atoms with Crippen molar-refractivity contribution in [1.29, 1.82) is 0 Å². The van der Waals surface area contributed by atoms with Gasteiger partial charge in [0.2, 0.25) is 5.76 Å². The first-order valence-electron chi connectivity index (χ1n) is 6.28. The van der Waals surface area contributed by atoms with E-state index in [1.54, 1.807) is 6.07 Å². The van der Waals surface area contributed by atoms with Crippen molar-refractivity contribution in [3.63, 3.8) is 0 Å². The smallest absolute Gasteiger partial charge is 0.292 e. The molecular formula is C12H17N3O3. The number of carbonyl (C=O) groups is 1. The molecule has 98 valence electrons. The summed E-state index contributed by atoms with van der Waals surface area (Å²) in [5, 5.41) is 7.04. The number of carbonyl (C=O) groups excluding carboxylic acids is 1. The van der Waals surface area contributed by atoms with Gasteiger partial charge < -0.3 is 19.5 Å². The molecule has 2 atom stereocenters. The first-order valence-corrected chi connectivity index (χ1v) is 6.28. The summed E-state index contributed by atoms with van der Waals surface area (Å²) >= 11 is 0. The summed E-state index contributed by atoms with van der Waals surface area (Å²) in [7, 11) is 1.50. The molecule has 2 aliphatic rings.